The molecule has 0 aliphatic carbocycles. The summed E-state index contributed by atoms with van der Waals surface area (Å²) in [5.41, 5.74) is 3.19. The Kier molecular flexibility index (Phi) is 5.40. The Morgan fingerprint density at radius 1 is 1.13 bits per heavy atom. The number of hydrogen-bond acceptors (Lipinski definition) is 8. The molecule has 0 amide bonds. The summed E-state index contributed by atoms with van der Waals surface area (Å²) in [7, 11) is 3.34. The maximum Gasteiger partial charge on any atom is 0.241 e. The molecule has 1 aliphatic heterocycles. The van der Waals surface area contributed by atoms with Gasteiger partial charge < -0.3 is 14.0 Å². The highest BCUT2D eigenvalue weighted by Crippen LogP contribution is 2.42. The third kappa shape index (κ3) is 3.80. The predicted molar refractivity (Wildman–Crippen MR) is 117 cm³/mol. The van der Waals surface area contributed by atoms with Crippen molar-refractivity contribution in [2.75, 3.05) is 20.8 Å². The molecule has 1 aliphatic rings. The molecular weight excluding hydrogens is 412 g/mol. The van der Waals surface area contributed by atoms with E-state index in [1.165, 1.54) is 16.0 Å². The second-order valence-corrected chi connectivity index (χ2v) is 8.25. The molecule has 3 aromatic heterocycles. The summed E-state index contributed by atoms with van der Waals surface area (Å²) >= 11 is 1.74. The minimum absolute atomic E-state index is 0.0776. The van der Waals surface area contributed by atoms with Gasteiger partial charge >= 0.3 is 0 Å². The zero-order valence-corrected chi connectivity index (χ0v) is 18.1. The quantitative estimate of drug-likeness (QED) is 0.446. The summed E-state index contributed by atoms with van der Waals surface area (Å²) in [6.45, 7) is 1.42. The van der Waals surface area contributed by atoms with Crippen LogP contribution in [0.25, 0.3) is 11.5 Å². The third-order valence-corrected chi connectivity index (χ3v) is 6.41. The number of ether oxygens (including phenoxy) is 2. The molecule has 0 saturated heterocycles. The molecule has 0 fully saturated rings. The number of rotatable bonds is 6. The van der Waals surface area contributed by atoms with Crippen molar-refractivity contribution in [3.8, 4) is 23.0 Å². The first-order valence-electron chi connectivity index (χ1n) is 10.0. The van der Waals surface area contributed by atoms with Crippen LogP contribution in [0.2, 0.25) is 0 Å². The molecule has 31 heavy (non-hydrogen) atoms. The normalized spacial score (nSPS) is 16.1. The van der Waals surface area contributed by atoms with Crippen LogP contribution in [0.1, 0.15) is 27.9 Å². The lowest BCUT2D eigenvalue weighted by molar-refractivity contribution is 0.179. The molecule has 1 aromatic carbocycles. The number of hydrogen-bond donors (Lipinski definition) is 0. The predicted octanol–water partition coefficient (Wildman–Crippen LogP) is 4.36. The van der Waals surface area contributed by atoms with Crippen molar-refractivity contribution in [3.63, 3.8) is 0 Å². The first-order chi connectivity index (χ1) is 15.3. The van der Waals surface area contributed by atoms with E-state index in [-0.39, 0.29) is 6.04 Å². The van der Waals surface area contributed by atoms with Crippen molar-refractivity contribution in [1.82, 2.24) is 20.0 Å². The van der Waals surface area contributed by atoms with E-state index in [0.29, 0.717) is 24.0 Å². The minimum atomic E-state index is 0.0776. The van der Waals surface area contributed by atoms with Crippen molar-refractivity contribution in [3.05, 3.63) is 75.9 Å². The fourth-order valence-corrected chi connectivity index (χ4v) is 4.92. The molecule has 0 spiro atoms. The van der Waals surface area contributed by atoms with Gasteiger partial charge in [-0.15, -0.1) is 11.3 Å². The van der Waals surface area contributed by atoms with E-state index < -0.39 is 0 Å². The zero-order valence-electron chi connectivity index (χ0n) is 17.3. The Bertz CT molecular complexity index is 1160. The number of methoxy groups -OCH3 is 2. The summed E-state index contributed by atoms with van der Waals surface area (Å²) < 4.78 is 16.7. The smallest absolute Gasteiger partial charge is 0.241 e. The van der Waals surface area contributed by atoms with Crippen LogP contribution in [-0.4, -0.2) is 40.8 Å². The van der Waals surface area contributed by atoms with Crippen molar-refractivity contribution in [2.24, 2.45) is 0 Å². The van der Waals surface area contributed by atoms with Gasteiger partial charge in [-0.05, 0) is 53.3 Å². The fraction of sp³-hybridized carbons (Fsp3) is 0.261. The summed E-state index contributed by atoms with van der Waals surface area (Å²) in [6, 6.07) is 14.2. The minimum Gasteiger partial charge on any atom is -0.493 e. The highest BCUT2D eigenvalue weighted by atomic mass is 32.1. The Morgan fingerprint density at radius 2 is 2.00 bits per heavy atom. The van der Waals surface area contributed by atoms with Gasteiger partial charge in [-0.25, -0.2) is 0 Å². The summed E-state index contributed by atoms with van der Waals surface area (Å²) in [4.78, 5) is 12.5. The van der Waals surface area contributed by atoms with E-state index >= 15 is 0 Å². The van der Waals surface area contributed by atoms with Crippen LogP contribution < -0.4 is 9.47 Å². The number of pyridine rings is 1. The lowest BCUT2D eigenvalue weighted by Gasteiger charge is -2.36. The summed E-state index contributed by atoms with van der Waals surface area (Å²) in [5, 5.41) is 6.23. The monoisotopic (exact) mass is 434 g/mol. The molecule has 8 heteroatoms. The molecule has 0 unspecified atom stereocenters. The van der Waals surface area contributed by atoms with Crippen LogP contribution in [0, 0.1) is 0 Å². The van der Waals surface area contributed by atoms with E-state index in [2.05, 4.69) is 49.7 Å². The van der Waals surface area contributed by atoms with Crippen LogP contribution in [0.5, 0.6) is 11.5 Å². The maximum absolute atomic E-state index is 5.59. The molecule has 1 atom stereocenters. The van der Waals surface area contributed by atoms with Gasteiger partial charge in [0, 0.05) is 17.6 Å². The number of benzene rings is 1. The lowest BCUT2D eigenvalue weighted by Crippen LogP contribution is -2.35. The molecule has 0 radical (unpaired) electrons. The highest BCUT2D eigenvalue weighted by Gasteiger charge is 2.32. The van der Waals surface area contributed by atoms with Gasteiger partial charge in [0.25, 0.3) is 0 Å². The van der Waals surface area contributed by atoms with Crippen molar-refractivity contribution >= 4 is 11.3 Å². The van der Waals surface area contributed by atoms with E-state index in [1.807, 2.05) is 18.2 Å². The zero-order chi connectivity index (χ0) is 21.2. The molecule has 4 aromatic rings. The van der Waals surface area contributed by atoms with Crippen LogP contribution in [0.15, 0.2) is 58.6 Å². The van der Waals surface area contributed by atoms with Crippen LogP contribution in [0.3, 0.4) is 0 Å². The fourth-order valence-electron chi connectivity index (χ4n) is 4.04. The largest absolute Gasteiger partial charge is 0.493 e. The van der Waals surface area contributed by atoms with Crippen LogP contribution in [0.4, 0.5) is 0 Å². The summed E-state index contributed by atoms with van der Waals surface area (Å²) in [6.07, 6.45) is 2.63. The van der Waals surface area contributed by atoms with Gasteiger partial charge in [-0.1, -0.05) is 17.3 Å². The number of fused-ring (bicyclic) bond motifs is 1. The second kappa shape index (κ2) is 8.49. The Balaban J connectivity index is 1.49. The Labute approximate surface area is 184 Å². The molecular formula is C23H22N4O3S. The third-order valence-electron chi connectivity index (χ3n) is 5.49. The SMILES string of the molecule is COc1cc2c(cc1OC)[C@H](c1cccs1)N(Cc1nc(-c3ccccn3)no1)CC2. The Hall–Kier alpha value is -3.23. The first kappa shape index (κ1) is 19.7. The molecule has 4 heterocycles. The van der Waals surface area contributed by atoms with Crippen molar-refractivity contribution < 1.29 is 14.0 Å². The average Bonchev–Trinajstić information content (AvgIpc) is 3.51. The van der Waals surface area contributed by atoms with Gasteiger partial charge in [-0.2, -0.15) is 4.98 Å². The molecule has 7 nitrogen and oxygen atoms in total. The first-order valence-corrected chi connectivity index (χ1v) is 10.9. The molecule has 0 bridgehead atoms. The summed E-state index contributed by atoms with van der Waals surface area (Å²) in [5.74, 6) is 2.58. The van der Waals surface area contributed by atoms with Gasteiger partial charge in [-0.3, -0.25) is 9.88 Å². The average molecular weight is 435 g/mol. The topological polar surface area (TPSA) is 73.5 Å². The van der Waals surface area contributed by atoms with Gasteiger partial charge in [0.1, 0.15) is 5.69 Å². The van der Waals surface area contributed by atoms with E-state index in [9.17, 15) is 0 Å². The molecule has 0 N–H and O–H groups in total. The van der Waals surface area contributed by atoms with Crippen LogP contribution >= 0.6 is 11.3 Å². The second-order valence-electron chi connectivity index (χ2n) is 7.27. The maximum atomic E-state index is 5.59. The lowest BCUT2D eigenvalue weighted by atomic mass is 9.91. The van der Waals surface area contributed by atoms with Gasteiger partial charge in [0.2, 0.25) is 11.7 Å². The number of thiophene rings is 1. The number of aromatic nitrogens is 3. The molecule has 5 rings (SSSR count). The Morgan fingerprint density at radius 3 is 2.74 bits per heavy atom. The molecule has 158 valence electrons. The van der Waals surface area contributed by atoms with E-state index in [0.717, 1.165) is 24.5 Å². The number of nitrogens with zero attached hydrogens (tertiary/aromatic N) is 4. The van der Waals surface area contributed by atoms with Gasteiger partial charge in [0.15, 0.2) is 11.5 Å². The molecule has 0 saturated carbocycles. The van der Waals surface area contributed by atoms with Crippen molar-refractivity contribution in [1.29, 1.82) is 0 Å². The van der Waals surface area contributed by atoms with E-state index in [1.54, 1.807) is 31.8 Å². The van der Waals surface area contributed by atoms with Crippen LogP contribution in [-0.2, 0) is 13.0 Å². The van der Waals surface area contributed by atoms with Gasteiger partial charge in [0.05, 0.1) is 26.8 Å². The van der Waals surface area contributed by atoms with E-state index in [4.69, 9.17) is 14.0 Å². The van der Waals surface area contributed by atoms with Crippen molar-refractivity contribution in [2.45, 2.75) is 19.0 Å². The standard InChI is InChI=1S/C23H22N4O3S/c1-28-18-12-15-8-10-27(14-21-25-23(26-30-21)17-6-3-4-9-24-17)22(20-7-5-11-31-20)16(15)13-19(18)29-2/h3-7,9,11-13,22H,8,10,14H2,1-2H3/t22-/m1/s1. The highest BCUT2D eigenvalue weighted by molar-refractivity contribution is 7.10.